The zero-order valence-electron chi connectivity index (χ0n) is 11.8. The Morgan fingerprint density at radius 3 is 2.21 bits per heavy atom. The number of aromatic nitrogens is 2. The third kappa shape index (κ3) is 3.91. The lowest BCUT2D eigenvalue weighted by molar-refractivity contribution is 0.440. The molecular weight excluding hydrogens is 324 g/mol. The third-order valence-corrected chi connectivity index (χ3v) is 5.15. The zero-order chi connectivity index (χ0) is 13.8. The predicted molar refractivity (Wildman–Crippen MR) is 83.9 cm³/mol. The average Bonchev–Trinajstić information content (AvgIpc) is 2.32. The van der Waals surface area contributed by atoms with Gasteiger partial charge in [0.1, 0.15) is 11.0 Å². The van der Waals surface area contributed by atoms with E-state index in [1.165, 1.54) is 44.9 Å². The van der Waals surface area contributed by atoms with Crippen molar-refractivity contribution in [2.75, 3.05) is 0 Å². The van der Waals surface area contributed by atoms with Crippen molar-refractivity contribution in [2.24, 2.45) is 0 Å². The predicted octanol–water partition coefficient (Wildman–Crippen LogP) is 5.84. The third-order valence-electron chi connectivity index (χ3n) is 3.87. The van der Waals surface area contributed by atoms with Gasteiger partial charge in [-0.15, -0.1) is 0 Å². The van der Waals surface area contributed by atoms with Gasteiger partial charge in [0.15, 0.2) is 0 Å². The maximum atomic E-state index is 6.26. The van der Waals surface area contributed by atoms with E-state index in [9.17, 15) is 0 Å². The number of halogens is 2. The van der Waals surface area contributed by atoms with Crippen LogP contribution in [0, 0.1) is 0 Å². The van der Waals surface area contributed by atoms with E-state index in [0.717, 1.165) is 16.0 Å². The van der Waals surface area contributed by atoms with E-state index in [-0.39, 0.29) is 0 Å². The van der Waals surface area contributed by atoms with Crippen molar-refractivity contribution in [1.29, 1.82) is 0 Å². The van der Waals surface area contributed by atoms with Crippen molar-refractivity contribution < 1.29 is 0 Å². The summed E-state index contributed by atoms with van der Waals surface area (Å²) in [5, 5.41) is 0.566. The summed E-state index contributed by atoms with van der Waals surface area (Å²) in [5.41, 5.74) is 1.04. The van der Waals surface area contributed by atoms with Gasteiger partial charge in [0.2, 0.25) is 0 Å². The van der Waals surface area contributed by atoms with E-state index in [1.807, 2.05) is 0 Å². The molecule has 0 bridgehead atoms. The Labute approximate surface area is 129 Å². The summed E-state index contributed by atoms with van der Waals surface area (Å²) in [5.74, 6) is 1.81. The van der Waals surface area contributed by atoms with Gasteiger partial charge >= 0.3 is 0 Å². The molecule has 106 valence electrons. The second kappa shape index (κ2) is 7.03. The molecule has 1 fully saturated rings. The Balaban J connectivity index is 2.27. The molecule has 0 aromatic carbocycles. The molecule has 1 heterocycles. The fourth-order valence-electron chi connectivity index (χ4n) is 2.73. The Morgan fingerprint density at radius 1 is 1.05 bits per heavy atom. The summed E-state index contributed by atoms with van der Waals surface area (Å²) >= 11 is 9.77. The standard InChI is InChI=1S/C15H22BrClN2/c1-10(2)13-12(16)14(17)19-15(18-13)11-8-6-4-3-5-7-9-11/h10-11H,3-9H2,1-2H3. The summed E-state index contributed by atoms with van der Waals surface area (Å²) in [6.07, 6.45) is 9.06. The van der Waals surface area contributed by atoms with Crippen LogP contribution in [0.25, 0.3) is 0 Å². The monoisotopic (exact) mass is 344 g/mol. The maximum Gasteiger partial charge on any atom is 0.147 e. The van der Waals surface area contributed by atoms with E-state index in [1.54, 1.807) is 0 Å². The first kappa shape index (κ1) is 15.2. The highest BCUT2D eigenvalue weighted by Gasteiger charge is 2.20. The molecule has 1 aromatic rings. The molecule has 2 nitrogen and oxygen atoms in total. The Kier molecular flexibility index (Phi) is 5.64. The van der Waals surface area contributed by atoms with Crippen molar-refractivity contribution in [3.05, 3.63) is 21.1 Å². The van der Waals surface area contributed by atoms with E-state index in [2.05, 4.69) is 34.8 Å². The normalized spacial score (nSPS) is 18.4. The lowest BCUT2D eigenvalue weighted by atomic mass is 9.90. The minimum atomic E-state index is 0.363. The van der Waals surface area contributed by atoms with Crippen molar-refractivity contribution in [3.63, 3.8) is 0 Å². The molecule has 19 heavy (non-hydrogen) atoms. The molecule has 0 atom stereocenters. The molecule has 2 rings (SSSR count). The average molecular weight is 346 g/mol. The molecular formula is C15H22BrClN2. The Bertz CT molecular complexity index is 426. The van der Waals surface area contributed by atoms with Crippen molar-refractivity contribution in [3.8, 4) is 0 Å². The first-order chi connectivity index (χ1) is 9.09. The summed E-state index contributed by atoms with van der Waals surface area (Å²) < 4.78 is 0.860. The van der Waals surface area contributed by atoms with Gasteiger partial charge < -0.3 is 0 Å². The largest absolute Gasteiger partial charge is 0.236 e. The molecule has 0 unspecified atom stereocenters. The molecule has 0 spiro atoms. The minimum Gasteiger partial charge on any atom is -0.236 e. The van der Waals surface area contributed by atoms with Crippen LogP contribution in [0.4, 0.5) is 0 Å². The number of hydrogen-bond donors (Lipinski definition) is 0. The van der Waals surface area contributed by atoms with Crippen molar-refractivity contribution >= 4 is 27.5 Å². The van der Waals surface area contributed by atoms with Gasteiger partial charge in [0, 0.05) is 5.92 Å². The van der Waals surface area contributed by atoms with Crippen LogP contribution < -0.4 is 0 Å². The van der Waals surface area contributed by atoms with Crippen LogP contribution in [-0.4, -0.2) is 9.97 Å². The van der Waals surface area contributed by atoms with E-state index >= 15 is 0 Å². The maximum absolute atomic E-state index is 6.26. The van der Waals surface area contributed by atoms with Crippen molar-refractivity contribution in [1.82, 2.24) is 9.97 Å². The molecule has 1 saturated carbocycles. The molecule has 0 N–H and O–H groups in total. The fourth-order valence-corrected chi connectivity index (χ4v) is 3.55. The molecule has 0 amide bonds. The molecule has 0 aliphatic heterocycles. The quantitative estimate of drug-likeness (QED) is 0.629. The van der Waals surface area contributed by atoms with Crippen LogP contribution in [0.3, 0.4) is 0 Å². The first-order valence-corrected chi connectivity index (χ1v) is 8.49. The highest BCUT2D eigenvalue weighted by atomic mass is 79.9. The summed E-state index contributed by atoms with van der Waals surface area (Å²) in [4.78, 5) is 9.31. The molecule has 1 aromatic heterocycles. The molecule has 0 saturated heterocycles. The SMILES string of the molecule is CC(C)c1nc(C2CCCCCCC2)nc(Cl)c1Br. The number of rotatable bonds is 2. The van der Waals surface area contributed by atoms with Gasteiger partial charge in [-0.25, -0.2) is 9.97 Å². The van der Waals surface area contributed by atoms with Crippen LogP contribution in [0.15, 0.2) is 4.47 Å². The molecule has 1 aliphatic rings. The van der Waals surface area contributed by atoms with Gasteiger partial charge in [-0.3, -0.25) is 0 Å². The number of nitrogens with zero attached hydrogens (tertiary/aromatic N) is 2. The Morgan fingerprint density at radius 2 is 1.63 bits per heavy atom. The first-order valence-electron chi connectivity index (χ1n) is 7.32. The molecule has 0 radical (unpaired) electrons. The van der Waals surface area contributed by atoms with E-state index in [4.69, 9.17) is 16.6 Å². The highest BCUT2D eigenvalue weighted by Crippen LogP contribution is 2.34. The van der Waals surface area contributed by atoms with Gasteiger partial charge in [-0.2, -0.15) is 0 Å². The minimum absolute atomic E-state index is 0.363. The topological polar surface area (TPSA) is 25.8 Å². The van der Waals surface area contributed by atoms with Crippen LogP contribution in [0.2, 0.25) is 5.15 Å². The summed E-state index contributed by atoms with van der Waals surface area (Å²) in [7, 11) is 0. The van der Waals surface area contributed by atoms with Crippen molar-refractivity contribution in [2.45, 2.75) is 70.6 Å². The zero-order valence-corrected chi connectivity index (χ0v) is 14.1. The van der Waals surface area contributed by atoms with Crippen LogP contribution in [0.1, 0.15) is 82.1 Å². The van der Waals surface area contributed by atoms with Gasteiger partial charge in [0.05, 0.1) is 10.2 Å². The second-order valence-corrected chi connectivity index (χ2v) is 6.92. The number of hydrogen-bond acceptors (Lipinski definition) is 2. The van der Waals surface area contributed by atoms with Crippen LogP contribution in [0.5, 0.6) is 0 Å². The Hall–Kier alpha value is -0.150. The molecule has 4 heteroatoms. The molecule has 1 aliphatic carbocycles. The second-order valence-electron chi connectivity index (χ2n) is 5.77. The van der Waals surface area contributed by atoms with Gasteiger partial charge in [-0.1, -0.05) is 57.6 Å². The van der Waals surface area contributed by atoms with Crippen LogP contribution >= 0.6 is 27.5 Å². The fraction of sp³-hybridized carbons (Fsp3) is 0.733. The van der Waals surface area contributed by atoms with Gasteiger partial charge in [0.25, 0.3) is 0 Å². The van der Waals surface area contributed by atoms with Crippen LogP contribution in [-0.2, 0) is 0 Å². The highest BCUT2D eigenvalue weighted by molar-refractivity contribution is 9.10. The summed E-state index contributed by atoms with van der Waals surface area (Å²) in [6, 6.07) is 0. The van der Waals surface area contributed by atoms with E-state index in [0.29, 0.717) is 17.0 Å². The lowest BCUT2D eigenvalue weighted by Gasteiger charge is -2.20. The summed E-state index contributed by atoms with van der Waals surface area (Å²) in [6.45, 7) is 4.29. The van der Waals surface area contributed by atoms with E-state index < -0.39 is 0 Å². The lowest BCUT2D eigenvalue weighted by Crippen LogP contribution is -2.10. The van der Waals surface area contributed by atoms with Gasteiger partial charge in [-0.05, 0) is 34.7 Å². The smallest absolute Gasteiger partial charge is 0.147 e.